The van der Waals surface area contributed by atoms with Crippen LogP contribution in [0, 0.1) is 0 Å². The van der Waals surface area contributed by atoms with Gasteiger partial charge >= 0.3 is 0 Å². The topological polar surface area (TPSA) is 80.9 Å². The molecule has 9 heteroatoms. The molecule has 2 aromatic heterocycles. The van der Waals surface area contributed by atoms with E-state index in [2.05, 4.69) is 41.3 Å². The summed E-state index contributed by atoms with van der Waals surface area (Å²) in [5, 5.41) is 14.2. The number of carbonyl (C=O) groups is 1. The van der Waals surface area contributed by atoms with Crippen LogP contribution >= 0.6 is 34.7 Å². The Morgan fingerprint density at radius 1 is 1.35 bits per heavy atom. The lowest BCUT2D eigenvalue weighted by molar-refractivity contribution is -0.113. The molecule has 136 valence electrons. The number of carbonyl (C=O) groups excluding carboxylic acids is 1. The molecule has 2 heterocycles. The number of hydrogen-bond acceptors (Lipinski definition) is 7. The Balaban J connectivity index is 1.56. The summed E-state index contributed by atoms with van der Waals surface area (Å²) in [6.45, 7) is 6.24. The molecule has 0 unspecified atom stereocenters. The third-order valence-corrected chi connectivity index (χ3v) is 5.14. The van der Waals surface area contributed by atoms with Gasteiger partial charge in [0, 0.05) is 21.4 Å². The Labute approximate surface area is 164 Å². The minimum absolute atomic E-state index is 0.0469. The van der Waals surface area contributed by atoms with E-state index < -0.39 is 0 Å². The first kappa shape index (κ1) is 18.9. The van der Waals surface area contributed by atoms with Crippen LogP contribution in [-0.2, 0) is 10.2 Å². The summed E-state index contributed by atoms with van der Waals surface area (Å²) in [7, 11) is 0. The van der Waals surface area contributed by atoms with E-state index >= 15 is 0 Å². The Morgan fingerprint density at radius 3 is 2.85 bits per heavy atom. The van der Waals surface area contributed by atoms with Crippen molar-refractivity contribution < 1.29 is 9.21 Å². The molecule has 6 nitrogen and oxygen atoms in total. The van der Waals surface area contributed by atoms with Gasteiger partial charge in [-0.05, 0) is 18.2 Å². The van der Waals surface area contributed by atoms with Crippen molar-refractivity contribution >= 4 is 45.7 Å². The van der Waals surface area contributed by atoms with Crippen molar-refractivity contribution in [3.63, 3.8) is 0 Å². The molecule has 0 fully saturated rings. The van der Waals surface area contributed by atoms with Crippen molar-refractivity contribution in [2.45, 2.75) is 31.4 Å². The molecule has 3 rings (SSSR count). The number of aromatic nitrogens is 3. The van der Waals surface area contributed by atoms with Gasteiger partial charge in [-0.3, -0.25) is 4.79 Å². The van der Waals surface area contributed by atoms with Crippen LogP contribution in [0.5, 0.6) is 0 Å². The van der Waals surface area contributed by atoms with Crippen molar-refractivity contribution in [2.24, 2.45) is 0 Å². The third-order valence-electron chi connectivity index (χ3n) is 3.32. The molecule has 26 heavy (non-hydrogen) atoms. The monoisotopic (exact) mass is 408 g/mol. The molecule has 3 aromatic rings. The number of halogens is 1. The fourth-order valence-corrected chi connectivity index (χ4v) is 3.67. The van der Waals surface area contributed by atoms with E-state index in [1.54, 1.807) is 12.1 Å². The summed E-state index contributed by atoms with van der Waals surface area (Å²) in [4.78, 5) is 16.5. The summed E-state index contributed by atoms with van der Waals surface area (Å²) >= 11 is 8.54. The molecule has 1 amide bonds. The van der Waals surface area contributed by atoms with Crippen LogP contribution in [0.3, 0.4) is 0 Å². The maximum absolute atomic E-state index is 12.1. The Bertz CT molecular complexity index is 917. The number of amides is 1. The third kappa shape index (κ3) is 4.84. The van der Waals surface area contributed by atoms with Crippen molar-refractivity contribution in [1.82, 2.24) is 15.2 Å². The van der Waals surface area contributed by atoms with Crippen molar-refractivity contribution in [2.75, 3.05) is 11.1 Å². The zero-order valence-corrected chi connectivity index (χ0v) is 16.8. The molecule has 0 radical (unpaired) electrons. The van der Waals surface area contributed by atoms with Crippen molar-refractivity contribution in [3.8, 4) is 11.5 Å². The van der Waals surface area contributed by atoms with Gasteiger partial charge in [-0.25, -0.2) is 4.98 Å². The Kier molecular flexibility index (Phi) is 5.64. The van der Waals surface area contributed by atoms with Gasteiger partial charge in [0.1, 0.15) is 0 Å². The maximum atomic E-state index is 12.1. The van der Waals surface area contributed by atoms with E-state index in [1.165, 1.54) is 23.1 Å². The number of thioether (sulfide) groups is 1. The first-order chi connectivity index (χ1) is 12.3. The summed E-state index contributed by atoms with van der Waals surface area (Å²) in [5.74, 6) is 0.346. The van der Waals surface area contributed by atoms with Crippen molar-refractivity contribution in [1.29, 1.82) is 0 Å². The minimum Gasteiger partial charge on any atom is -0.411 e. The number of anilines is 1. The van der Waals surface area contributed by atoms with Gasteiger partial charge in [-0.15, -0.1) is 21.5 Å². The number of benzene rings is 1. The lowest BCUT2D eigenvalue weighted by Crippen LogP contribution is -2.15. The minimum atomic E-state index is -0.174. The average molecular weight is 409 g/mol. The molecule has 0 bridgehead atoms. The van der Waals surface area contributed by atoms with E-state index in [0.29, 0.717) is 21.3 Å². The van der Waals surface area contributed by atoms with Crippen LogP contribution in [0.4, 0.5) is 5.13 Å². The van der Waals surface area contributed by atoms with Gasteiger partial charge in [0.15, 0.2) is 5.13 Å². The number of thiazole rings is 1. The summed E-state index contributed by atoms with van der Waals surface area (Å²) < 4.78 is 5.56. The summed E-state index contributed by atoms with van der Waals surface area (Å²) in [6.07, 6.45) is 0. The van der Waals surface area contributed by atoms with Gasteiger partial charge in [-0.1, -0.05) is 50.2 Å². The fourth-order valence-electron chi connectivity index (χ4n) is 1.96. The number of nitrogens with zero attached hydrogens (tertiary/aromatic N) is 3. The highest BCUT2D eigenvalue weighted by Gasteiger charge is 2.18. The van der Waals surface area contributed by atoms with E-state index in [9.17, 15) is 4.79 Å². The second-order valence-corrected chi connectivity index (χ2v) is 8.73. The number of hydrogen-bond donors (Lipinski definition) is 1. The van der Waals surface area contributed by atoms with Gasteiger partial charge in [-0.2, -0.15) is 0 Å². The number of nitrogens with one attached hydrogen (secondary N) is 1. The van der Waals surface area contributed by atoms with Crippen LogP contribution in [0.2, 0.25) is 5.02 Å². The molecule has 0 aliphatic heterocycles. The maximum Gasteiger partial charge on any atom is 0.277 e. The molecule has 1 N–H and O–H groups in total. The standard InChI is InChI=1S/C17H17ClN4O2S2/c1-17(2,3)12-8-25-15(19-12)20-13(23)9-26-16-22-21-14(24-16)10-5-4-6-11(18)7-10/h4-8H,9H2,1-3H3,(H,19,20,23). The lowest BCUT2D eigenvalue weighted by atomic mass is 9.93. The van der Waals surface area contributed by atoms with E-state index in [1.807, 2.05) is 17.5 Å². The van der Waals surface area contributed by atoms with Crippen LogP contribution in [0.25, 0.3) is 11.5 Å². The van der Waals surface area contributed by atoms with E-state index in [0.717, 1.165) is 11.3 Å². The summed E-state index contributed by atoms with van der Waals surface area (Å²) in [6, 6.07) is 7.15. The molecule has 0 saturated heterocycles. The van der Waals surface area contributed by atoms with Crippen LogP contribution in [0.15, 0.2) is 39.3 Å². The summed E-state index contributed by atoms with van der Waals surface area (Å²) in [5.41, 5.74) is 1.64. The average Bonchev–Trinajstić information content (AvgIpc) is 3.22. The first-order valence-corrected chi connectivity index (χ1v) is 10.0. The lowest BCUT2D eigenvalue weighted by Gasteiger charge is -2.14. The highest BCUT2D eigenvalue weighted by atomic mass is 35.5. The molecule has 0 aliphatic rings. The largest absolute Gasteiger partial charge is 0.411 e. The van der Waals surface area contributed by atoms with Crippen LogP contribution in [0.1, 0.15) is 26.5 Å². The van der Waals surface area contributed by atoms with E-state index in [-0.39, 0.29) is 17.1 Å². The molecule has 0 saturated carbocycles. The molecule has 0 aliphatic carbocycles. The Morgan fingerprint density at radius 2 is 2.15 bits per heavy atom. The van der Waals surface area contributed by atoms with Crippen molar-refractivity contribution in [3.05, 3.63) is 40.4 Å². The highest BCUT2D eigenvalue weighted by Crippen LogP contribution is 2.27. The quantitative estimate of drug-likeness (QED) is 0.606. The zero-order chi connectivity index (χ0) is 18.7. The zero-order valence-electron chi connectivity index (χ0n) is 14.4. The second-order valence-electron chi connectivity index (χ2n) is 6.51. The predicted octanol–water partition coefficient (Wildman–Crippen LogP) is 4.87. The first-order valence-electron chi connectivity index (χ1n) is 7.79. The molecule has 0 spiro atoms. The van der Waals surface area contributed by atoms with Crippen LogP contribution < -0.4 is 5.32 Å². The molecule has 1 aromatic carbocycles. The van der Waals surface area contributed by atoms with Gasteiger partial charge in [0.2, 0.25) is 11.8 Å². The second kappa shape index (κ2) is 7.77. The van der Waals surface area contributed by atoms with E-state index in [4.69, 9.17) is 16.0 Å². The number of rotatable bonds is 5. The molecular formula is C17H17ClN4O2S2. The van der Waals surface area contributed by atoms with Crippen LogP contribution in [-0.4, -0.2) is 26.8 Å². The highest BCUT2D eigenvalue weighted by molar-refractivity contribution is 7.99. The SMILES string of the molecule is CC(C)(C)c1csc(NC(=O)CSc2nnc(-c3cccc(Cl)c3)o2)n1. The van der Waals surface area contributed by atoms with Gasteiger partial charge < -0.3 is 9.73 Å². The molecular weight excluding hydrogens is 392 g/mol. The van der Waals surface area contributed by atoms with Gasteiger partial charge in [0.05, 0.1) is 11.4 Å². The predicted molar refractivity (Wildman–Crippen MR) is 105 cm³/mol. The smallest absolute Gasteiger partial charge is 0.277 e. The van der Waals surface area contributed by atoms with Gasteiger partial charge in [0.25, 0.3) is 5.22 Å². The Hall–Kier alpha value is -1.90. The fraction of sp³-hybridized carbons (Fsp3) is 0.294. The normalized spacial score (nSPS) is 11.5. The molecule has 0 atom stereocenters.